The Morgan fingerprint density at radius 3 is 2.35 bits per heavy atom. The summed E-state index contributed by atoms with van der Waals surface area (Å²) in [5.41, 5.74) is -0.879. The van der Waals surface area contributed by atoms with E-state index in [-0.39, 0.29) is 11.5 Å². The SMILES string of the molecule is CC(=O)c1ccc(N2C(=O)C3C(c4ccc5c(c4)OCCO5)NC(CO)(C(=O)O)C3C2=O)cc1. The molecule has 3 aliphatic rings. The number of fused-ring (bicyclic) bond motifs is 2. The summed E-state index contributed by atoms with van der Waals surface area (Å²) in [5, 5.41) is 23.1. The lowest BCUT2D eigenvalue weighted by molar-refractivity contribution is -0.150. The molecule has 176 valence electrons. The predicted molar refractivity (Wildman–Crippen MR) is 117 cm³/mol. The Labute approximate surface area is 194 Å². The molecule has 3 N–H and O–H groups in total. The summed E-state index contributed by atoms with van der Waals surface area (Å²) in [6, 6.07) is 10.1. The van der Waals surface area contributed by atoms with Crippen LogP contribution in [0.3, 0.4) is 0 Å². The molecule has 10 heteroatoms. The van der Waals surface area contributed by atoms with Crippen LogP contribution in [0.2, 0.25) is 0 Å². The van der Waals surface area contributed by atoms with Crippen LogP contribution < -0.4 is 19.7 Å². The minimum Gasteiger partial charge on any atom is -0.486 e. The van der Waals surface area contributed by atoms with Crippen molar-refractivity contribution in [2.24, 2.45) is 11.8 Å². The monoisotopic (exact) mass is 466 g/mol. The van der Waals surface area contributed by atoms with Crippen molar-refractivity contribution in [1.29, 1.82) is 0 Å². The van der Waals surface area contributed by atoms with Crippen molar-refractivity contribution in [3.8, 4) is 11.5 Å². The summed E-state index contributed by atoms with van der Waals surface area (Å²) in [4.78, 5) is 51.9. The van der Waals surface area contributed by atoms with Gasteiger partial charge in [-0.3, -0.25) is 24.5 Å². The fourth-order valence-electron chi connectivity index (χ4n) is 5.05. The number of carboxylic acid groups (broad SMARTS) is 1. The smallest absolute Gasteiger partial charge is 0.327 e. The van der Waals surface area contributed by atoms with Crippen LogP contribution >= 0.6 is 0 Å². The first kappa shape index (κ1) is 22.1. The van der Waals surface area contributed by atoms with Crippen LogP contribution in [0.1, 0.15) is 28.9 Å². The third-order valence-corrected chi connectivity index (χ3v) is 6.74. The lowest BCUT2D eigenvalue weighted by Crippen LogP contribution is -2.58. The molecule has 2 aromatic rings. The van der Waals surface area contributed by atoms with Crippen LogP contribution in [0.25, 0.3) is 0 Å². The number of benzene rings is 2. The molecule has 0 aromatic heterocycles. The number of carboxylic acids is 1. The average molecular weight is 466 g/mol. The molecule has 4 unspecified atom stereocenters. The van der Waals surface area contributed by atoms with Gasteiger partial charge in [-0.2, -0.15) is 0 Å². The Bertz CT molecular complexity index is 1210. The highest BCUT2D eigenvalue weighted by Crippen LogP contribution is 2.50. The van der Waals surface area contributed by atoms with Gasteiger partial charge in [-0.1, -0.05) is 6.07 Å². The van der Waals surface area contributed by atoms with Gasteiger partial charge in [-0.15, -0.1) is 0 Å². The normalized spacial score (nSPS) is 27.6. The lowest BCUT2D eigenvalue weighted by atomic mass is 9.79. The Balaban J connectivity index is 1.59. The number of rotatable bonds is 5. The molecule has 2 amide bonds. The number of aliphatic hydroxyl groups excluding tert-OH is 1. The largest absolute Gasteiger partial charge is 0.486 e. The molecule has 0 radical (unpaired) electrons. The van der Waals surface area contributed by atoms with Crippen molar-refractivity contribution in [3.05, 3.63) is 53.6 Å². The van der Waals surface area contributed by atoms with Crippen LogP contribution in [0, 0.1) is 11.8 Å². The molecule has 3 heterocycles. The van der Waals surface area contributed by atoms with Crippen LogP contribution in [0.5, 0.6) is 11.5 Å². The molecule has 0 spiro atoms. The maximum Gasteiger partial charge on any atom is 0.327 e. The maximum atomic E-state index is 13.6. The van der Waals surface area contributed by atoms with Gasteiger partial charge in [0.25, 0.3) is 0 Å². The van der Waals surface area contributed by atoms with E-state index in [0.29, 0.717) is 35.8 Å². The van der Waals surface area contributed by atoms with Crippen molar-refractivity contribution in [2.75, 3.05) is 24.7 Å². The molecule has 0 saturated carbocycles. The highest BCUT2D eigenvalue weighted by atomic mass is 16.6. The fraction of sp³-hybridized carbons (Fsp3) is 0.333. The van der Waals surface area contributed by atoms with Crippen molar-refractivity contribution in [3.63, 3.8) is 0 Å². The number of amides is 2. The average Bonchev–Trinajstić information content (AvgIpc) is 3.33. The van der Waals surface area contributed by atoms with Crippen LogP contribution in [0.15, 0.2) is 42.5 Å². The number of ketones is 1. The summed E-state index contributed by atoms with van der Waals surface area (Å²) in [6.45, 7) is 1.26. The van der Waals surface area contributed by atoms with E-state index in [1.807, 2.05) is 0 Å². The second-order valence-electron chi connectivity index (χ2n) is 8.58. The number of hydrogen-bond acceptors (Lipinski definition) is 8. The molecule has 10 nitrogen and oxygen atoms in total. The molecular formula is C24H22N2O8. The zero-order valence-electron chi connectivity index (χ0n) is 18.2. The Morgan fingerprint density at radius 2 is 1.74 bits per heavy atom. The minimum absolute atomic E-state index is 0.171. The topological polar surface area (TPSA) is 142 Å². The highest BCUT2D eigenvalue weighted by Gasteiger charge is 2.68. The quantitative estimate of drug-likeness (QED) is 0.433. The standard InChI is InChI=1S/C24H22N2O8/c1-12(28)13-2-5-15(6-3-13)26-21(29)18-19(22(26)30)24(11-27,23(31)32)25-20(18)14-4-7-16-17(10-14)34-9-8-33-16/h2-7,10,18-20,25,27H,8-9,11H2,1H3,(H,31,32). The third-order valence-electron chi connectivity index (χ3n) is 6.74. The number of aliphatic carboxylic acids is 1. The molecule has 2 fully saturated rings. The Morgan fingerprint density at radius 1 is 1.06 bits per heavy atom. The molecule has 2 saturated heterocycles. The van der Waals surface area contributed by atoms with Gasteiger partial charge in [0.15, 0.2) is 22.8 Å². The summed E-state index contributed by atoms with van der Waals surface area (Å²) >= 11 is 0. The van der Waals surface area contributed by atoms with Crippen molar-refractivity contribution < 1.29 is 38.9 Å². The van der Waals surface area contributed by atoms with Crippen LogP contribution in [-0.4, -0.2) is 59.1 Å². The minimum atomic E-state index is -2.05. The van der Waals surface area contributed by atoms with Gasteiger partial charge in [0.2, 0.25) is 11.8 Å². The second-order valence-corrected chi connectivity index (χ2v) is 8.58. The van der Waals surface area contributed by atoms with Crippen molar-refractivity contribution in [2.45, 2.75) is 18.5 Å². The number of nitrogens with one attached hydrogen (secondary N) is 1. The van der Waals surface area contributed by atoms with Gasteiger partial charge < -0.3 is 19.7 Å². The van der Waals surface area contributed by atoms with Gasteiger partial charge >= 0.3 is 5.97 Å². The first-order valence-corrected chi connectivity index (χ1v) is 10.8. The number of ether oxygens (including phenoxy) is 2. The van der Waals surface area contributed by atoms with E-state index in [2.05, 4.69) is 5.32 Å². The number of anilines is 1. The zero-order valence-corrected chi connectivity index (χ0v) is 18.2. The second kappa shape index (κ2) is 7.93. The van der Waals surface area contributed by atoms with E-state index in [0.717, 1.165) is 4.90 Å². The number of imide groups is 1. The van der Waals surface area contributed by atoms with E-state index >= 15 is 0 Å². The van der Waals surface area contributed by atoms with Gasteiger partial charge in [0, 0.05) is 11.6 Å². The predicted octanol–water partition coefficient (Wildman–Crippen LogP) is 0.926. The molecule has 3 aliphatic heterocycles. The van der Waals surface area contributed by atoms with E-state index < -0.39 is 47.8 Å². The third kappa shape index (κ3) is 3.10. The summed E-state index contributed by atoms with van der Waals surface area (Å²) in [5.74, 6) is -4.36. The van der Waals surface area contributed by atoms with Crippen molar-refractivity contribution >= 4 is 29.3 Å². The van der Waals surface area contributed by atoms with Gasteiger partial charge in [0.1, 0.15) is 13.2 Å². The first-order chi connectivity index (χ1) is 16.3. The molecule has 0 aliphatic carbocycles. The summed E-state index contributed by atoms with van der Waals surface area (Å²) in [7, 11) is 0. The molecule has 34 heavy (non-hydrogen) atoms. The van der Waals surface area contributed by atoms with Crippen LogP contribution in [0.4, 0.5) is 5.69 Å². The van der Waals surface area contributed by atoms with Crippen molar-refractivity contribution in [1.82, 2.24) is 5.32 Å². The van der Waals surface area contributed by atoms with Gasteiger partial charge in [-0.25, -0.2) is 4.90 Å². The summed E-state index contributed by atoms with van der Waals surface area (Å²) < 4.78 is 11.2. The molecule has 0 bridgehead atoms. The van der Waals surface area contributed by atoms with E-state index in [1.165, 1.54) is 31.2 Å². The lowest BCUT2D eigenvalue weighted by Gasteiger charge is -2.29. The fourth-order valence-corrected chi connectivity index (χ4v) is 5.05. The molecule has 4 atom stereocenters. The highest BCUT2D eigenvalue weighted by molar-refractivity contribution is 6.24. The number of carbonyl (C=O) groups excluding carboxylic acids is 3. The summed E-state index contributed by atoms with van der Waals surface area (Å²) in [6.07, 6.45) is 0. The first-order valence-electron chi connectivity index (χ1n) is 10.8. The molecular weight excluding hydrogens is 444 g/mol. The van der Waals surface area contributed by atoms with E-state index in [9.17, 15) is 29.4 Å². The number of carbonyl (C=O) groups is 4. The van der Waals surface area contributed by atoms with E-state index in [1.54, 1.807) is 18.2 Å². The Kier molecular flexibility index (Phi) is 5.14. The number of Topliss-reactive ketones (excluding diaryl/α,β-unsaturated/α-hetero) is 1. The number of hydrogen-bond donors (Lipinski definition) is 3. The van der Waals surface area contributed by atoms with Gasteiger partial charge in [-0.05, 0) is 48.9 Å². The molecule has 2 aromatic carbocycles. The zero-order chi connectivity index (χ0) is 24.2. The van der Waals surface area contributed by atoms with Gasteiger partial charge in [0.05, 0.1) is 24.1 Å². The number of aliphatic hydroxyl groups is 1. The van der Waals surface area contributed by atoms with E-state index in [4.69, 9.17) is 9.47 Å². The Hall–Kier alpha value is -3.76. The van der Waals surface area contributed by atoms with Crippen LogP contribution in [-0.2, 0) is 14.4 Å². The molecule has 5 rings (SSSR count). The maximum absolute atomic E-state index is 13.6. The number of nitrogens with zero attached hydrogens (tertiary/aromatic N) is 1.